The Balaban J connectivity index is 1.60. The first-order chi connectivity index (χ1) is 16.2. The molecular weight excluding hydrogens is 410 g/mol. The van der Waals surface area contributed by atoms with Gasteiger partial charge < -0.3 is 15.7 Å². The van der Waals surface area contributed by atoms with E-state index in [0.717, 1.165) is 45.0 Å². The van der Waals surface area contributed by atoms with Crippen LogP contribution in [0.1, 0.15) is 49.1 Å². The summed E-state index contributed by atoms with van der Waals surface area (Å²) < 4.78 is 0. The molecule has 0 atom stereocenters. The summed E-state index contributed by atoms with van der Waals surface area (Å²) in [5.41, 5.74) is 10.2. The quantitative estimate of drug-likeness (QED) is 0.200. The van der Waals surface area contributed by atoms with E-state index in [2.05, 4.69) is 68.6 Å². The SMILES string of the molecule is CN=C(NNC)c1ccc2c(c1)[nH]c1nc(Cc3ccccc3)nc(NC3CCCCC3)c12. The number of rotatable bonds is 6. The molecule has 0 aliphatic heterocycles. The minimum atomic E-state index is 0.462. The summed E-state index contributed by atoms with van der Waals surface area (Å²) in [6, 6.07) is 17.2. The normalized spacial score (nSPS) is 15.3. The van der Waals surface area contributed by atoms with Crippen molar-refractivity contribution in [2.75, 3.05) is 19.4 Å². The van der Waals surface area contributed by atoms with Gasteiger partial charge in [0.15, 0.2) is 0 Å². The van der Waals surface area contributed by atoms with E-state index in [1.54, 1.807) is 7.05 Å². The first-order valence-corrected chi connectivity index (χ1v) is 11.8. The fraction of sp³-hybridized carbons (Fsp3) is 0.346. The molecule has 0 spiro atoms. The number of anilines is 1. The lowest BCUT2D eigenvalue weighted by molar-refractivity contribution is 0.462. The number of H-pyrrole nitrogens is 1. The van der Waals surface area contributed by atoms with Gasteiger partial charge in [0.2, 0.25) is 0 Å². The van der Waals surface area contributed by atoms with Gasteiger partial charge in [0.25, 0.3) is 0 Å². The molecule has 2 heterocycles. The molecule has 1 aliphatic carbocycles. The maximum Gasteiger partial charge on any atom is 0.144 e. The van der Waals surface area contributed by atoms with Crippen LogP contribution >= 0.6 is 0 Å². The summed E-state index contributed by atoms with van der Waals surface area (Å²) in [5, 5.41) is 5.97. The molecule has 0 unspecified atom stereocenters. The highest BCUT2D eigenvalue weighted by Crippen LogP contribution is 2.32. The number of hydrogen-bond donors (Lipinski definition) is 4. The lowest BCUT2D eigenvalue weighted by Crippen LogP contribution is -2.34. The molecule has 5 rings (SSSR count). The fourth-order valence-electron chi connectivity index (χ4n) is 4.77. The van der Waals surface area contributed by atoms with Crippen molar-refractivity contribution in [1.29, 1.82) is 0 Å². The van der Waals surface area contributed by atoms with Crippen molar-refractivity contribution in [2.24, 2.45) is 4.99 Å². The second-order valence-corrected chi connectivity index (χ2v) is 8.69. The first kappa shape index (κ1) is 21.4. The summed E-state index contributed by atoms with van der Waals surface area (Å²) >= 11 is 0. The molecule has 4 aromatic rings. The Hall–Kier alpha value is -3.45. The van der Waals surface area contributed by atoms with E-state index in [-0.39, 0.29) is 0 Å². The second kappa shape index (κ2) is 9.58. The van der Waals surface area contributed by atoms with E-state index in [9.17, 15) is 0 Å². The average molecular weight is 442 g/mol. The molecule has 2 aromatic heterocycles. The zero-order chi connectivity index (χ0) is 22.6. The predicted octanol–water partition coefficient (Wildman–Crippen LogP) is 4.55. The van der Waals surface area contributed by atoms with E-state index < -0.39 is 0 Å². The molecule has 1 aliphatic rings. The summed E-state index contributed by atoms with van der Waals surface area (Å²) in [6.07, 6.45) is 6.97. The number of aromatic amines is 1. The number of benzene rings is 2. The first-order valence-electron chi connectivity index (χ1n) is 11.8. The van der Waals surface area contributed by atoms with E-state index in [4.69, 9.17) is 9.97 Å². The Morgan fingerprint density at radius 2 is 1.88 bits per heavy atom. The zero-order valence-electron chi connectivity index (χ0n) is 19.3. The smallest absolute Gasteiger partial charge is 0.144 e. The lowest BCUT2D eigenvalue weighted by Gasteiger charge is -2.24. The highest BCUT2D eigenvalue weighted by molar-refractivity contribution is 6.13. The van der Waals surface area contributed by atoms with Gasteiger partial charge in [-0.1, -0.05) is 61.7 Å². The van der Waals surface area contributed by atoms with Crippen LogP contribution in [0.5, 0.6) is 0 Å². The largest absolute Gasteiger partial charge is 0.367 e. The second-order valence-electron chi connectivity index (χ2n) is 8.69. The molecule has 2 aromatic carbocycles. The van der Waals surface area contributed by atoms with E-state index in [1.807, 2.05) is 13.1 Å². The molecule has 7 heteroatoms. The van der Waals surface area contributed by atoms with Crippen molar-refractivity contribution in [1.82, 2.24) is 25.8 Å². The minimum Gasteiger partial charge on any atom is -0.367 e. The molecule has 33 heavy (non-hydrogen) atoms. The monoisotopic (exact) mass is 441 g/mol. The summed E-state index contributed by atoms with van der Waals surface area (Å²) in [6.45, 7) is 0. The Morgan fingerprint density at radius 3 is 2.64 bits per heavy atom. The maximum absolute atomic E-state index is 5.03. The molecule has 170 valence electrons. The van der Waals surface area contributed by atoms with Gasteiger partial charge in [-0.05, 0) is 24.5 Å². The molecule has 7 nitrogen and oxygen atoms in total. The zero-order valence-corrected chi connectivity index (χ0v) is 19.3. The van der Waals surface area contributed by atoms with Gasteiger partial charge in [-0.2, -0.15) is 0 Å². The van der Waals surface area contributed by atoms with Gasteiger partial charge in [-0.3, -0.25) is 4.99 Å². The molecule has 0 radical (unpaired) electrons. The van der Waals surface area contributed by atoms with Crippen molar-refractivity contribution in [3.05, 3.63) is 65.5 Å². The number of aliphatic imine (C=N–C) groups is 1. The van der Waals surface area contributed by atoms with Crippen LogP contribution < -0.4 is 16.2 Å². The average Bonchev–Trinajstić information content (AvgIpc) is 3.21. The number of hydrazine groups is 1. The van der Waals surface area contributed by atoms with Crippen molar-refractivity contribution in [3.8, 4) is 0 Å². The van der Waals surface area contributed by atoms with Crippen molar-refractivity contribution in [2.45, 2.75) is 44.6 Å². The van der Waals surface area contributed by atoms with Gasteiger partial charge in [0, 0.05) is 43.0 Å². The van der Waals surface area contributed by atoms with Crippen LogP contribution in [-0.4, -0.2) is 40.9 Å². The van der Waals surface area contributed by atoms with Gasteiger partial charge in [-0.25, -0.2) is 15.4 Å². The number of aromatic nitrogens is 3. The molecular formula is C26H31N7. The van der Waals surface area contributed by atoms with E-state index >= 15 is 0 Å². The van der Waals surface area contributed by atoms with Crippen LogP contribution in [0, 0.1) is 0 Å². The van der Waals surface area contributed by atoms with Gasteiger partial charge >= 0.3 is 0 Å². The molecule has 0 bridgehead atoms. The Labute approximate surface area is 194 Å². The minimum absolute atomic E-state index is 0.462. The lowest BCUT2D eigenvalue weighted by atomic mass is 9.95. The van der Waals surface area contributed by atoms with E-state index in [0.29, 0.717) is 12.5 Å². The fourth-order valence-corrected chi connectivity index (χ4v) is 4.77. The predicted molar refractivity (Wildman–Crippen MR) is 136 cm³/mol. The molecule has 1 saturated carbocycles. The van der Waals surface area contributed by atoms with Crippen molar-refractivity contribution >= 4 is 33.6 Å². The number of fused-ring (bicyclic) bond motifs is 3. The third-order valence-electron chi connectivity index (χ3n) is 6.39. The van der Waals surface area contributed by atoms with Crippen LogP contribution in [0.25, 0.3) is 21.9 Å². The topological polar surface area (TPSA) is 90.0 Å². The molecule has 1 fully saturated rings. The maximum atomic E-state index is 5.03. The molecule has 4 N–H and O–H groups in total. The van der Waals surface area contributed by atoms with Gasteiger partial charge in [-0.15, -0.1) is 0 Å². The highest BCUT2D eigenvalue weighted by atomic mass is 15.4. The van der Waals surface area contributed by atoms with Gasteiger partial charge in [0.1, 0.15) is 23.1 Å². The van der Waals surface area contributed by atoms with Crippen molar-refractivity contribution in [3.63, 3.8) is 0 Å². The third-order valence-corrected chi connectivity index (χ3v) is 6.39. The molecule has 0 saturated heterocycles. The van der Waals surface area contributed by atoms with Crippen LogP contribution in [0.15, 0.2) is 53.5 Å². The number of nitrogens with zero attached hydrogens (tertiary/aromatic N) is 3. The summed E-state index contributed by atoms with van der Waals surface area (Å²) in [4.78, 5) is 17.9. The van der Waals surface area contributed by atoms with Crippen LogP contribution in [-0.2, 0) is 6.42 Å². The Kier molecular flexibility index (Phi) is 6.21. The standard InChI is InChI=1S/C26H31N7/c1-27-24(33-28-2)18-13-14-20-21(16-18)30-26-23(20)25(29-19-11-7-4-8-12-19)31-22(32-26)15-17-9-5-3-6-10-17/h3,5-6,9-10,13-14,16,19,28H,4,7-8,11-12,15H2,1-2H3,(H,27,33)(H2,29,30,31,32). The number of nitrogens with one attached hydrogen (secondary N) is 4. The Morgan fingerprint density at radius 1 is 1.06 bits per heavy atom. The van der Waals surface area contributed by atoms with Crippen LogP contribution in [0.2, 0.25) is 0 Å². The van der Waals surface area contributed by atoms with Crippen molar-refractivity contribution < 1.29 is 0 Å². The summed E-state index contributed by atoms with van der Waals surface area (Å²) in [7, 11) is 3.61. The highest BCUT2D eigenvalue weighted by Gasteiger charge is 2.19. The number of hydrogen-bond acceptors (Lipinski definition) is 5. The molecule has 0 amide bonds. The van der Waals surface area contributed by atoms with Crippen LogP contribution in [0.4, 0.5) is 5.82 Å². The van der Waals surface area contributed by atoms with Gasteiger partial charge in [0.05, 0.1) is 5.39 Å². The third kappa shape index (κ3) is 4.54. The number of amidine groups is 1. The Bertz CT molecular complexity index is 1270. The van der Waals surface area contributed by atoms with E-state index in [1.165, 1.54) is 37.7 Å². The van der Waals surface area contributed by atoms with Crippen LogP contribution in [0.3, 0.4) is 0 Å². The summed E-state index contributed by atoms with van der Waals surface area (Å²) in [5.74, 6) is 2.55.